The predicted molar refractivity (Wildman–Crippen MR) is 116 cm³/mol. The molecule has 0 fully saturated rings. The van der Waals surface area contributed by atoms with Crippen LogP contribution in [0.3, 0.4) is 0 Å². The fraction of sp³-hybridized carbons (Fsp3) is 0.167. The van der Waals surface area contributed by atoms with Gasteiger partial charge in [-0.1, -0.05) is 66.7 Å². The molecule has 0 saturated carbocycles. The number of Topliss-reactive ketones (excluding diaryl/α,β-unsaturated/α-hetero) is 1. The van der Waals surface area contributed by atoms with E-state index in [1.165, 1.54) is 14.0 Å². The average molecular weight is 403 g/mol. The number of rotatable bonds is 7. The third kappa shape index (κ3) is 4.31. The van der Waals surface area contributed by atoms with Gasteiger partial charge in [0.15, 0.2) is 5.78 Å². The quantitative estimate of drug-likeness (QED) is 0.430. The Hall–Kier alpha value is -3.15. The lowest BCUT2D eigenvalue weighted by molar-refractivity contribution is 0.101. The van der Waals surface area contributed by atoms with Crippen molar-refractivity contribution < 1.29 is 14.1 Å². The fourth-order valence-corrected chi connectivity index (χ4v) is 6.23. The van der Waals surface area contributed by atoms with Crippen LogP contribution >= 0.6 is 7.14 Å². The second-order valence-corrected chi connectivity index (χ2v) is 9.67. The van der Waals surface area contributed by atoms with Crippen LogP contribution in [0.1, 0.15) is 28.8 Å². The van der Waals surface area contributed by atoms with E-state index in [-0.39, 0.29) is 11.9 Å². The Kier molecular flexibility index (Phi) is 6.32. The smallest absolute Gasteiger partial charge is 0.163 e. The van der Waals surface area contributed by atoms with E-state index in [9.17, 15) is 14.6 Å². The first-order chi connectivity index (χ1) is 14.0. The number of hydrogen-bond donors (Lipinski definition) is 0. The van der Waals surface area contributed by atoms with Gasteiger partial charge < -0.3 is 9.30 Å². The molecular formula is C24H22NO3P. The Bertz CT molecular complexity index is 1040. The zero-order valence-corrected chi connectivity index (χ0v) is 17.3. The molecule has 4 nitrogen and oxygen atoms in total. The van der Waals surface area contributed by atoms with Gasteiger partial charge in [0.25, 0.3) is 0 Å². The lowest BCUT2D eigenvalue weighted by Crippen LogP contribution is -2.21. The summed E-state index contributed by atoms with van der Waals surface area (Å²) in [6.07, 6.45) is 0.154. The van der Waals surface area contributed by atoms with Gasteiger partial charge in [-0.3, -0.25) is 4.79 Å². The number of carbonyl (C=O) groups excluding carboxylic acids is 1. The molecule has 0 spiro atoms. The molecule has 0 bridgehead atoms. The molecular weight excluding hydrogens is 381 g/mol. The molecule has 0 radical (unpaired) electrons. The molecule has 146 valence electrons. The maximum atomic E-state index is 14.3. The van der Waals surface area contributed by atoms with E-state index in [1.54, 1.807) is 18.2 Å². The van der Waals surface area contributed by atoms with Crippen LogP contribution in [0.15, 0.2) is 78.9 Å². The highest BCUT2D eigenvalue weighted by Crippen LogP contribution is 2.47. The highest BCUT2D eigenvalue weighted by molar-refractivity contribution is 7.78. The van der Waals surface area contributed by atoms with E-state index in [0.29, 0.717) is 27.5 Å². The van der Waals surface area contributed by atoms with E-state index >= 15 is 0 Å². The van der Waals surface area contributed by atoms with E-state index in [1.807, 2.05) is 60.7 Å². The molecule has 3 aromatic carbocycles. The Morgan fingerprint density at radius 2 is 1.55 bits per heavy atom. The predicted octanol–water partition coefficient (Wildman–Crippen LogP) is 4.52. The molecule has 0 heterocycles. The standard InChI is InChI=1S/C24H22NO3P/c1-18(26)23-15-19(13-14-24(23)28-2)20(16-25)17-29(27,21-9-5-3-6-10-21)22-11-7-4-8-12-22/h3-15,20H,17H2,1-2H3/t20-/m1/s1. The van der Waals surface area contributed by atoms with Crippen molar-refractivity contribution in [2.75, 3.05) is 13.3 Å². The van der Waals surface area contributed by atoms with Gasteiger partial charge in [-0.15, -0.1) is 0 Å². The SMILES string of the molecule is COc1ccc([C@H](C#N)CP(=O)(c2ccccc2)c2ccccc2)cc1C(C)=O. The van der Waals surface area contributed by atoms with Gasteiger partial charge in [0.1, 0.15) is 12.9 Å². The summed E-state index contributed by atoms with van der Waals surface area (Å²) in [5.41, 5.74) is 1.07. The minimum atomic E-state index is -3.06. The molecule has 3 aromatic rings. The van der Waals surface area contributed by atoms with Gasteiger partial charge in [-0.25, -0.2) is 0 Å². The maximum absolute atomic E-state index is 14.3. The molecule has 0 saturated heterocycles. The summed E-state index contributed by atoms with van der Waals surface area (Å²) in [5, 5.41) is 11.3. The zero-order chi connectivity index (χ0) is 20.9. The second-order valence-electron chi connectivity index (χ2n) is 6.79. The Balaban J connectivity index is 2.08. The minimum absolute atomic E-state index is 0.144. The zero-order valence-electron chi connectivity index (χ0n) is 16.4. The average Bonchev–Trinajstić information content (AvgIpc) is 2.78. The molecule has 0 amide bonds. The monoisotopic (exact) mass is 403 g/mol. The third-order valence-electron chi connectivity index (χ3n) is 4.95. The Labute approximate surface area is 171 Å². The topological polar surface area (TPSA) is 67.2 Å². The lowest BCUT2D eigenvalue weighted by Gasteiger charge is -2.22. The van der Waals surface area contributed by atoms with Crippen molar-refractivity contribution in [3.05, 3.63) is 90.0 Å². The molecule has 0 aliphatic heterocycles. The van der Waals surface area contributed by atoms with Crippen LogP contribution in [0.2, 0.25) is 0 Å². The van der Waals surface area contributed by atoms with Crippen molar-refractivity contribution in [3.63, 3.8) is 0 Å². The summed E-state index contributed by atoms with van der Waals surface area (Å²) in [5.74, 6) is -0.313. The minimum Gasteiger partial charge on any atom is -0.496 e. The number of methoxy groups -OCH3 is 1. The van der Waals surface area contributed by atoms with Crippen LogP contribution < -0.4 is 15.3 Å². The molecule has 1 atom stereocenters. The highest BCUT2D eigenvalue weighted by atomic mass is 31.2. The number of nitrogens with zero attached hydrogens (tertiary/aromatic N) is 1. The normalized spacial score (nSPS) is 12.0. The molecule has 5 heteroatoms. The van der Waals surface area contributed by atoms with Crippen molar-refractivity contribution >= 4 is 23.5 Å². The molecule has 3 rings (SSSR count). The first-order valence-electron chi connectivity index (χ1n) is 9.28. The van der Waals surface area contributed by atoms with Gasteiger partial charge in [-0.05, 0) is 24.6 Å². The number of carbonyl (C=O) groups is 1. The third-order valence-corrected chi connectivity index (χ3v) is 8.09. The van der Waals surface area contributed by atoms with Crippen molar-refractivity contribution in [1.82, 2.24) is 0 Å². The van der Waals surface area contributed by atoms with Crippen LogP contribution in [0.25, 0.3) is 0 Å². The van der Waals surface area contributed by atoms with Crippen molar-refractivity contribution in [1.29, 1.82) is 5.26 Å². The van der Waals surface area contributed by atoms with Crippen molar-refractivity contribution in [3.8, 4) is 11.8 Å². The largest absolute Gasteiger partial charge is 0.496 e. The number of ether oxygens (including phenoxy) is 1. The molecule has 0 aromatic heterocycles. The summed E-state index contributed by atoms with van der Waals surface area (Å²) in [6.45, 7) is 1.46. The summed E-state index contributed by atoms with van der Waals surface area (Å²) < 4.78 is 19.5. The van der Waals surface area contributed by atoms with Crippen molar-refractivity contribution in [2.45, 2.75) is 12.8 Å². The van der Waals surface area contributed by atoms with Gasteiger partial charge in [-0.2, -0.15) is 5.26 Å². The van der Waals surface area contributed by atoms with E-state index in [0.717, 1.165) is 0 Å². The number of benzene rings is 3. The van der Waals surface area contributed by atoms with Gasteiger partial charge >= 0.3 is 0 Å². The number of nitriles is 1. The van der Waals surface area contributed by atoms with Crippen LogP contribution in [0.5, 0.6) is 5.75 Å². The van der Waals surface area contributed by atoms with Crippen LogP contribution in [0.4, 0.5) is 0 Å². The van der Waals surface area contributed by atoms with E-state index in [4.69, 9.17) is 4.74 Å². The summed E-state index contributed by atoms with van der Waals surface area (Å²) in [7, 11) is -1.56. The van der Waals surface area contributed by atoms with E-state index in [2.05, 4.69) is 6.07 Å². The van der Waals surface area contributed by atoms with Crippen LogP contribution in [0, 0.1) is 11.3 Å². The van der Waals surface area contributed by atoms with Gasteiger partial charge in [0.05, 0.1) is 24.7 Å². The molecule has 0 unspecified atom stereocenters. The second kappa shape index (κ2) is 8.90. The molecule has 0 aliphatic carbocycles. The maximum Gasteiger partial charge on any atom is 0.163 e. The lowest BCUT2D eigenvalue weighted by atomic mass is 9.98. The van der Waals surface area contributed by atoms with Gasteiger partial charge in [0, 0.05) is 16.8 Å². The summed E-state index contributed by atoms with van der Waals surface area (Å²) in [4.78, 5) is 12.0. The molecule has 29 heavy (non-hydrogen) atoms. The summed E-state index contributed by atoms with van der Waals surface area (Å²) in [6, 6.07) is 26.0. The molecule has 0 aliphatic rings. The molecule has 0 N–H and O–H groups in total. The van der Waals surface area contributed by atoms with Crippen LogP contribution in [-0.2, 0) is 4.57 Å². The highest BCUT2D eigenvalue weighted by Gasteiger charge is 2.32. The van der Waals surface area contributed by atoms with E-state index < -0.39 is 13.1 Å². The fourth-order valence-electron chi connectivity index (χ4n) is 3.39. The number of hydrogen-bond acceptors (Lipinski definition) is 4. The van der Waals surface area contributed by atoms with Gasteiger partial charge in [0.2, 0.25) is 0 Å². The summed E-state index contributed by atoms with van der Waals surface area (Å²) >= 11 is 0. The first kappa shape index (κ1) is 20.6. The Morgan fingerprint density at radius 1 is 1.00 bits per heavy atom. The van der Waals surface area contributed by atoms with Crippen molar-refractivity contribution in [2.24, 2.45) is 0 Å². The van der Waals surface area contributed by atoms with Crippen LogP contribution in [-0.4, -0.2) is 19.1 Å². The Morgan fingerprint density at radius 3 is 2.00 bits per heavy atom. The number of ketones is 1. The first-order valence-corrected chi connectivity index (χ1v) is 11.2.